The van der Waals surface area contributed by atoms with Crippen molar-refractivity contribution >= 4 is 32.5 Å². The van der Waals surface area contributed by atoms with E-state index in [1.54, 1.807) is 0 Å². The topological polar surface area (TPSA) is 112 Å². The van der Waals surface area contributed by atoms with E-state index in [9.17, 15) is 17.8 Å². The zero-order valence-corrected chi connectivity index (χ0v) is 22.6. The van der Waals surface area contributed by atoms with Crippen LogP contribution in [-0.4, -0.2) is 34.8 Å². The summed E-state index contributed by atoms with van der Waals surface area (Å²) in [6.45, 7) is 0. The van der Waals surface area contributed by atoms with Crippen molar-refractivity contribution in [2.45, 2.75) is 43.0 Å². The molecule has 7 nitrogen and oxygen atoms in total. The van der Waals surface area contributed by atoms with Gasteiger partial charge in [0.15, 0.2) is 11.6 Å². The van der Waals surface area contributed by atoms with Crippen LogP contribution in [0.1, 0.15) is 48.0 Å². The molecule has 1 heterocycles. The number of hydrogen-bond acceptors (Lipinski definition) is 7. The summed E-state index contributed by atoms with van der Waals surface area (Å²) in [4.78, 5) is 22.9. The van der Waals surface area contributed by atoms with Gasteiger partial charge in [-0.15, -0.1) is 0 Å². The van der Waals surface area contributed by atoms with E-state index in [0.29, 0.717) is 39.8 Å². The molecule has 0 aliphatic heterocycles. The molecule has 0 saturated heterocycles. The van der Waals surface area contributed by atoms with Gasteiger partial charge in [-0.25, -0.2) is 18.4 Å². The van der Waals surface area contributed by atoms with Gasteiger partial charge in [0.05, 0.1) is 21.7 Å². The van der Waals surface area contributed by atoms with Crippen molar-refractivity contribution < 1.29 is 47.3 Å². The van der Waals surface area contributed by atoms with Gasteiger partial charge in [-0.2, -0.15) is 0 Å². The average molecular weight is 508 g/mol. The largest absolute Gasteiger partial charge is 1.00 e. The molecule has 3 aromatic carbocycles. The maximum Gasteiger partial charge on any atom is 1.00 e. The predicted octanol–water partition coefficient (Wildman–Crippen LogP) is 2.16. The summed E-state index contributed by atoms with van der Waals surface area (Å²) in [7, 11) is -4.54. The van der Waals surface area contributed by atoms with Crippen molar-refractivity contribution in [3.8, 4) is 22.6 Å². The minimum Gasteiger partial charge on any atom is -0.744 e. The molecular formula is C27H22N3NaO4S. The van der Waals surface area contributed by atoms with E-state index in [2.05, 4.69) is 5.32 Å². The van der Waals surface area contributed by atoms with Gasteiger partial charge in [0.25, 0.3) is 0 Å². The molecule has 6 rings (SSSR count). The first kappa shape index (κ1) is 25.0. The average Bonchev–Trinajstić information content (AvgIpc) is 2.87. The SMILES string of the molecule is O=C1c2ccccc2-c2nc(-c3ccc(S(=O)(=O)[O-])cc3)nc3ccc(NC4CCCCC4)c1c23.[Na+]. The molecule has 176 valence electrons. The Morgan fingerprint density at radius 2 is 1.56 bits per heavy atom. The summed E-state index contributed by atoms with van der Waals surface area (Å²) >= 11 is 0. The van der Waals surface area contributed by atoms with E-state index < -0.39 is 10.1 Å². The van der Waals surface area contributed by atoms with E-state index in [4.69, 9.17) is 9.97 Å². The smallest absolute Gasteiger partial charge is 0.744 e. The zero-order valence-electron chi connectivity index (χ0n) is 19.8. The van der Waals surface area contributed by atoms with Crippen LogP contribution in [0.4, 0.5) is 5.69 Å². The first-order chi connectivity index (χ1) is 16.9. The van der Waals surface area contributed by atoms with E-state index in [-0.39, 0.29) is 40.2 Å². The predicted molar refractivity (Wildman–Crippen MR) is 132 cm³/mol. The summed E-state index contributed by atoms with van der Waals surface area (Å²) in [6.07, 6.45) is 5.78. The Morgan fingerprint density at radius 3 is 2.25 bits per heavy atom. The molecule has 0 amide bonds. The molecule has 1 fully saturated rings. The Morgan fingerprint density at radius 1 is 0.861 bits per heavy atom. The number of fused-ring (bicyclic) bond motifs is 2. The third-order valence-electron chi connectivity index (χ3n) is 6.88. The van der Waals surface area contributed by atoms with Gasteiger partial charge in [0, 0.05) is 33.8 Å². The standard InChI is InChI=1S/C27H23N3O4S.Na/c31-26-20-9-5-4-8-19(20)25-23-21(14-15-22(24(23)26)28-17-6-2-1-3-7-17)29-27(30-25)16-10-12-18(13-11-16)35(32,33)34;/h4-5,8-15,17,28H,1-3,6-7H2,(H,32,33,34);/q;+1/p-1. The fraction of sp³-hybridized carbons (Fsp3) is 0.222. The number of benzene rings is 3. The molecule has 9 heteroatoms. The minimum atomic E-state index is -4.54. The number of nitrogens with zero attached hydrogens (tertiary/aromatic N) is 2. The van der Waals surface area contributed by atoms with Gasteiger partial charge in [0.1, 0.15) is 10.1 Å². The van der Waals surface area contributed by atoms with Crippen LogP contribution >= 0.6 is 0 Å². The van der Waals surface area contributed by atoms with Crippen molar-refractivity contribution in [1.29, 1.82) is 0 Å². The zero-order chi connectivity index (χ0) is 24.2. The molecular weight excluding hydrogens is 485 g/mol. The fourth-order valence-corrected chi connectivity index (χ4v) is 5.63. The van der Waals surface area contributed by atoms with Crippen LogP contribution in [0.5, 0.6) is 0 Å². The number of aromatic nitrogens is 2. The summed E-state index contributed by atoms with van der Waals surface area (Å²) in [5, 5.41) is 4.34. The van der Waals surface area contributed by atoms with Gasteiger partial charge >= 0.3 is 29.6 Å². The number of rotatable bonds is 4. The molecule has 0 atom stereocenters. The molecule has 36 heavy (non-hydrogen) atoms. The minimum absolute atomic E-state index is 0. The summed E-state index contributed by atoms with van der Waals surface area (Å²) in [6, 6.07) is 17.2. The Hall–Kier alpha value is -2.62. The van der Waals surface area contributed by atoms with Crippen LogP contribution in [-0.2, 0) is 10.1 Å². The van der Waals surface area contributed by atoms with Crippen LogP contribution in [0.2, 0.25) is 0 Å². The van der Waals surface area contributed by atoms with Crippen molar-refractivity contribution in [1.82, 2.24) is 9.97 Å². The molecule has 0 radical (unpaired) electrons. The molecule has 1 saturated carbocycles. The fourth-order valence-electron chi connectivity index (χ4n) is 5.17. The van der Waals surface area contributed by atoms with E-state index in [0.717, 1.165) is 29.5 Å². The third-order valence-corrected chi connectivity index (χ3v) is 7.73. The summed E-state index contributed by atoms with van der Waals surface area (Å²) in [5.74, 6) is 0.351. The molecule has 2 aliphatic rings. The van der Waals surface area contributed by atoms with Gasteiger partial charge in [-0.05, 0) is 49.2 Å². The maximum atomic E-state index is 13.7. The second kappa shape index (κ2) is 9.68. The van der Waals surface area contributed by atoms with Crippen LogP contribution < -0.4 is 34.9 Å². The number of hydrogen-bond donors (Lipinski definition) is 1. The van der Waals surface area contributed by atoms with E-state index in [1.807, 2.05) is 36.4 Å². The quantitative estimate of drug-likeness (QED) is 0.293. The van der Waals surface area contributed by atoms with Gasteiger partial charge in [0.2, 0.25) is 0 Å². The molecule has 1 N–H and O–H groups in total. The van der Waals surface area contributed by atoms with Crippen LogP contribution in [0.15, 0.2) is 65.6 Å². The van der Waals surface area contributed by atoms with Crippen LogP contribution in [0, 0.1) is 0 Å². The first-order valence-corrected chi connectivity index (χ1v) is 13.1. The second-order valence-corrected chi connectivity index (χ2v) is 10.5. The number of nitrogens with one attached hydrogen (secondary N) is 1. The second-order valence-electron chi connectivity index (χ2n) is 9.11. The van der Waals surface area contributed by atoms with Gasteiger partial charge in [-0.1, -0.05) is 43.5 Å². The normalized spacial score (nSPS) is 15.3. The Bertz CT molecular complexity index is 1600. The Kier molecular flexibility index (Phi) is 6.74. The van der Waals surface area contributed by atoms with Crippen molar-refractivity contribution in [2.75, 3.05) is 5.32 Å². The van der Waals surface area contributed by atoms with Crippen molar-refractivity contribution in [2.24, 2.45) is 0 Å². The molecule has 2 aliphatic carbocycles. The van der Waals surface area contributed by atoms with Crippen LogP contribution in [0.25, 0.3) is 33.5 Å². The van der Waals surface area contributed by atoms with E-state index in [1.165, 1.54) is 43.5 Å². The van der Waals surface area contributed by atoms with Gasteiger partial charge in [-0.3, -0.25) is 4.79 Å². The van der Waals surface area contributed by atoms with Crippen molar-refractivity contribution in [3.05, 3.63) is 71.8 Å². The Labute approximate surface area is 231 Å². The number of carbonyl (C=O) groups excluding carboxylic acids is 1. The van der Waals surface area contributed by atoms with E-state index >= 15 is 0 Å². The monoisotopic (exact) mass is 507 g/mol. The molecule has 1 aromatic heterocycles. The number of anilines is 1. The molecule has 4 aromatic rings. The molecule has 0 spiro atoms. The third kappa shape index (κ3) is 4.37. The van der Waals surface area contributed by atoms with Crippen molar-refractivity contribution in [3.63, 3.8) is 0 Å². The van der Waals surface area contributed by atoms with Crippen LogP contribution in [0.3, 0.4) is 0 Å². The summed E-state index contributed by atoms with van der Waals surface area (Å²) in [5.41, 5.74) is 4.63. The molecule has 0 bridgehead atoms. The number of carbonyl (C=O) groups is 1. The Balaban J connectivity index is 0.00000267. The molecule has 0 unspecified atom stereocenters. The van der Waals surface area contributed by atoms with Gasteiger partial charge < -0.3 is 9.87 Å². The first-order valence-electron chi connectivity index (χ1n) is 11.7. The maximum absolute atomic E-state index is 13.7. The summed E-state index contributed by atoms with van der Waals surface area (Å²) < 4.78 is 34.0. The number of ketones is 1.